The van der Waals surface area contributed by atoms with Crippen LogP contribution in [0.1, 0.15) is 36.5 Å². The number of hydrogen-bond donors (Lipinski definition) is 3. The number of nitrogens with two attached hydrogens (primary N) is 2. The summed E-state index contributed by atoms with van der Waals surface area (Å²) in [7, 11) is 0. The highest BCUT2D eigenvalue weighted by Crippen LogP contribution is 2.16. The summed E-state index contributed by atoms with van der Waals surface area (Å²) in [6, 6.07) is 7.17. The highest BCUT2D eigenvalue weighted by Gasteiger charge is 2.24. The summed E-state index contributed by atoms with van der Waals surface area (Å²) < 4.78 is 0. The van der Waals surface area contributed by atoms with E-state index >= 15 is 0 Å². The summed E-state index contributed by atoms with van der Waals surface area (Å²) >= 11 is 0. The van der Waals surface area contributed by atoms with Gasteiger partial charge in [-0.2, -0.15) is 0 Å². The van der Waals surface area contributed by atoms with Crippen molar-refractivity contribution in [3.8, 4) is 0 Å². The van der Waals surface area contributed by atoms with Crippen molar-refractivity contribution in [2.24, 2.45) is 5.73 Å². The molecule has 1 fully saturated rings. The molecule has 0 saturated carbocycles. The zero-order valence-corrected chi connectivity index (χ0v) is 12.0. The number of nitrogens with one attached hydrogen (secondary N) is 1. The van der Waals surface area contributed by atoms with E-state index in [0.29, 0.717) is 11.3 Å². The van der Waals surface area contributed by atoms with Gasteiger partial charge in [0.25, 0.3) is 5.91 Å². The van der Waals surface area contributed by atoms with Crippen molar-refractivity contribution in [2.45, 2.75) is 38.4 Å². The maximum absolute atomic E-state index is 12.3. The van der Waals surface area contributed by atoms with Crippen LogP contribution in [0.5, 0.6) is 0 Å². The molecule has 0 aliphatic carbocycles. The number of nitrogen functional groups attached to an aromatic ring is 1. The Morgan fingerprint density at radius 1 is 1.50 bits per heavy atom. The van der Waals surface area contributed by atoms with Gasteiger partial charge >= 0.3 is 0 Å². The third kappa shape index (κ3) is 3.95. The largest absolute Gasteiger partial charge is 0.399 e. The zero-order chi connectivity index (χ0) is 14.5. The van der Waals surface area contributed by atoms with E-state index in [-0.39, 0.29) is 18.1 Å². The molecule has 1 aliphatic heterocycles. The minimum absolute atomic E-state index is 0.0705. The molecule has 1 aromatic rings. The summed E-state index contributed by atoms with van der Waals surface area (Å²) in [6.45, 7) is 3.79. The van der Waals surface area contributed by atoms with E-state index in [1.807, 2.05) is 6.92 Å². The first-order chi connectivity index (χ1) is 9.56. The predicted octanol–water partition coefficient (Wildman–Crippen LogP) is 1.16. The molecule has 1 aliphatic rings. The second kappa shape index (κ2) is 6.72. The summed E-state index contributed by atoms with van der Waals surface area (Å²) in [6.07, 6.45) is 3.35. The first-order valence-corrected chi connectivity index (χ1v) is 7.22. The highest BCUT2D eigenvalue weighted by atomic mass is 16.1. The molecule has 2 atom stereocenters. The predicted molar refractivity (Wildman–Crippen MR) is 81.2 cm³/mol. The molecular weight excluding hydrogens is 252 g/mol. The van der Waals surface area contributed by atoms with Gasteiger partial charge in [-0.05, 0) is 44.4 Å². The van der Waals surface area contributed by atoms with Crippen molar-refractivity contribution >= 4 is 11.6 Å². The van der Waals surface area contributed by atoms with Gasteiger partial charge in [-0.15, -0.1) is 0 Å². The quantitative estimate of drug-likeness (QED) is 0.720. The van der Waals surface area contributed by atoms with Gasteiger partial charge < -0.3 is 16.8 Å². The molecule has 1 heterocycles. The number of likely N-dealkylation sites (tertiary alicyclic amines) is 1. The van der Waals surface area contributed by atoms with Gasteiger partial charge in [0.15, 0.2) is 0 Å². The smallest absolute Gasteiger partial charge is 0.252 e. The Hall–Kier alpha value is -1.59. The number of anilines is 1. The standard InChI is InChI=1S/C15H24N4O/c1-11(16)10-19-8-3-2-7-14(19)18-15(20)12-5-4-6-13(17)9-12/h4-6,9,11,14H,2-3,7-8,10,16-17H2,1H3,(H,18,20). The van der Waals surface area contributed by atoms with Crippen LogP contribution >= 0.6 is 0 Å². The van der Waals surface area contributed by atoms with Gasteiger partial charge in [0.1, 0.15) is 0 Å². The number of nitrogens with zero attached hydrogens (tertiary/aromatic N) is 1. The number of benzene rings is 1. The summed E-state index contributed by atoms with van der Waals surface area (Å²) in [4.78, 5) is 14.5. The van der Waals surface area contributed by atoms with Crippen molar-refractivity contribution in [1.29, 1.82) is 0 Å². The van der Waals surface area contributed by atoms with Crippen LogP contribution in [0.15, 0.2) is 24.3 Å². The van der Waals surface area contributed by atoms with Crippen molar-refractivity contribution in [3.05, 3.63) is 29.8 Å². The number of carbonyl (C=O) groups is 1. The fraction of sp³-hybridized carbons (Fsp3) is 0.533. The molecule has 5 nitrogen and oxygen atoms in total. The minimum atomic E-state index is -0.0705. The van der Waals surface area contributed by atoms with Gasteiger partial charge in [-0.25, -0.2) is 0 Å². The Bertz CT molecular complexity index is 461. The Morgan fingerprint density at radius 2 is 2.30 bits per heavy atom. The zero-order valence-electron chi connectivity index (χ0n) is 12.0. The first-order valence-electron chi connectivity index (χ1n) is 7.22. The second-order valence-corrected chi connectivity index (χ2v) is 5.58. The lowest BCUT2D eigenvalue weighted by molar-refractivity contribution is 0.0762. The molecule has 0 bridgehead atoms. The van der Waals surface area contributed by atoms with E-state index < -0.39 is 0 Å². The van der Waals surface area contributed by atoms with Crippen LogP contribution in [0.2, 0.25) is 0 Å². The van der Waals surface area contributed by atoms with E-state index in [0.717, 1.165) is 32.4 Å². The fourth-order valence-corrected chi connectivity index (χ4v) is 2.66. The van der Waals surface area contributed by atoms with Crippen molar-refractivity contribution in [1.82, 2.24) is 10.2 Å². The van der Waals surface area contributed by atoms with E-state index in [9.17, 15) is 4.79 Å². The van der Waals surface area contributed by atoms with Crippen LogP contribution in [-0.4, -0.2) is 36.1 Å². The van der Waals surface area contributed by atoms with E-state index in [1.54, 1.807) is 24.3 Å². The summed E-state index contributed by atoms with van der Waals surface area (Å²) in [5.41, 5.74) is 12.8. The monoisotopic (exact) mass is 276 g/mol. The summed E-state index contributed by atoms with van der Waals surface area (Å²) in [5, 5.41) is 3.09. The fourth-order valence-electron chi connectivity index (χ4n) is 2.66. The van der Waals surface area contributed by atoms with Gasteiger partial charge in [0, 0.05) is 30.4 Å². The molecule has 5 N–H and O–H groups in total. The van der Waals surface area contributed by atoms with E-state index in [1.165, 1.54) is 0 Å². The van der Waals surface area contributed by atoms with Gasteiger partial charge in [0.05, 0.1) is 6.17 Å². The molecule has 110 valence electrons. The minimum Gasteiger partial charge on any atom is -0.399 e. The number of carbonyl (C=O) groups excluding carboxylic acids is 1. The number of hydrogen-bond acceptors (Lipinski definition) is 4. The van der Waals surface area contributed by atoms with Crippen molar-refractivity contribution < 1.29 is 4.79 Å². The molecule has 2 rings (SSSR count). The normalized spacial score (nSPS) is 21.4. The maximum atomic E-state index is 12.3. The lowest BCUT2D eigenvalue weighted by Gasteiger charge is -2.37. The van der Waals surface area contributed by atoms with Gasteiger partial charge in [-0.3, -0.25) is 9.69 Å². The van der Waals surface area contributed by atoms with Crippen LogP contribution in [-0.2, 0) is 0 Å². The lowest BCUT2D eigenvalue weighted by atomic mass is 10.1. The average molecular weight is 276 g/mol. The SMILES string of the molecule is CC(N)CN1CCCCC1NC(=O)c1cccc(N)c1. The van der Waals surface area contributed by atoms with E-state index in [2.05, 4.69) is 10.2 Å². The number of rotatable bonds is 4. The van der Waals surface area contributed by atoms with Crippen LogP contribution < -0.4 is 16.8 Å². The lowest BCUT2D eigenvalue weighted by Crippen LogP contribution is -2.53. The summed E-state index contributed by atoms with van der Waals surface area (Å²) in [5.74, 6) is -0.0705. The van der Waals surface area contributed by atoms with E-state index in [4.69, 9.17) is 11.5 Å². The number of amides is 1. The molecule has 20 heavy (non-hydrogen) atoms. The van der Waals surface area contributed by atoms with Crippen LogP contribution in [0.3, 0.4) is 0 Å². The van der Waals surface area contributed by atoms with Crippen molar-refractivity contribution in [3.63, 3.8) is 0 Å². The van der Waals surface area contributed by atoms with Crippen LogP contribution in [0.4, 0.5) is 5.69 Å². The molecule has 2 unspecified atom stereocenters. The molecule has 0 spiro atoms. The molecular formula is C15H24N4O. The Morgan fingerprint density at radius 3 is 3.00 bits per heavy atom. The Labute approximate surface area is 120 Å². The molecule has 1 amide bonds. The molecule has 0 aromatic heterocycles. The Kier molecular flexibility index (Phi) is 4.98. The Balaban J connectivity index is 2.01. The topological polar surface area (TPSA) is 84.4 Å². The third-order valence-corrected chi connectivity index (χ3v) is 3.58. The average Bonchev–Trinajstić information content (AvgIpc) is 2.40. The third-order valence-electron chi connectivity index (χ3n) is 3.58. The molecule has 5 heteroatoms. The van der Waals surface area contributed by atoms with Gasteiger partial charge in [0.2, 0.25) is 0 Å². The molecule has 1 aromatic carbocycles. The second-order valence-electron chi connectivity index (χ2n) is 5.58. The van der Waals surface area contributed by atoms with Crippen LogP contribution in [0.25, 0.3) is 0 Å². The molecule has 0 radical (unpaired) electrons. The first kappa shape index (κ1) is 14.8. The maximum Gasteiger partial charge on any atom is 0.252 e. The van der Waals surface area contributed by atoms with Crippen LogP contribution in [0, 0.1) is 0 Å². The van der Waals surface area contributed by atoms with Gasteiger partial charge in [-0.1, -0.05) is 6.07 Å². The van der Waals surface area contributed by atoms with Crippen molar-refractivity contribution in [2.75, 3.05) is 18.8 Å². The highest BCUT2D eigenvalue weighted by molar-refractivity contribution is 5.95. The number of piperidine rings is 1. The molecule has 1 saturated heterocycles.